The van der Waals surface area contributed by atoms with Crippen LogP contribution in [0.15, 0.2) is 183 Å². The van der Waals surface area contributed by atoms with Gasteiger partial charge in [0.15, 0.2) is 0 Å². The summed E-state index contributed by atoms with van der Waals surface area (Å²) in [6.45, 7) is 20.6. The molecule has 4 heteroatoms. The number of aliphatic imine (C=N–C) groups is 2. The molecule has 4 nitrogen and oxygen atoms in total. The molecule has 0 fully saturated rings. The highest BCUT2D eigenvalue weighted by Crippen LogP contribution is 2.52. The number of hydrogen-bond acceptors (Lipinski definition) is 4. The van der Waals surface area contributed by atoms with Gasteiger partial charge in [0.25, 0.3) is 0 Å². The Balaban J connectivity index is 1.40. The van der Waals surface area contributed by atoms with E-state index < -0.39 is 5.41 Å². The molecule has 13 rings (SSSR count). The Morgan fingerprint density at radius 2 is 0.971 bits per heavy atom. The van der Waals surface area contributed by atoms with Gasteiger partial charge in [-0.1, -0.05) is 172 Å². The lowest BCUT2D eigenvalue weighted by atomic mass is 9.70. The van der Waals surface area contributed by atoms with E-state index in [4.69, 9.17) is 18.8 Å². The molecule has 4 heterocycles. The molecule has 2 aliphatic heterocycles. The highest BCUT2D eigenvalue weighted by molar-refractivity contribution is 6.41. The first kappa shape index (κ1) is 42.8. The van der Waals surface area contributed by atoms with Crippen molar-refractivity contribution >= 4 is 88.2 Å². The first-order chi connectivity index (χ1) is 33.3. The fourth-order valence-corrected chi connectivity index (χ4v) is 11.3. The van der Waals surface area contributed by atoms with Gasteiger partial charge < -0.3 is 8.83 Å². The monoisotopic (exact) mass is 896 g/mol. The molecule has 11 aromatic rings. The second kappa shape index (κ2) is 15.7. The van der Waals surface area contributed by atoms with E-state index in [9.17, 15) is 0 Å². The van der Waals surface area contributed by atoms with E-state index in [-0.39, 0.29) is 5.41 Å². The van der Waals surface area contributed by atoms with Crippen LogP contribution in [-0.4, -0.2) is 11.4 Å². The largest absolute Gasteiger partial charge is 0.456 e. The van der Waals surface area contributed by atoms with Gasteiger partial charge in [-0.15, -0.1) is 0 Å². The Morgan fingerprint density at radius 1 is 0.449 bits per heavy atom. The topological polar surface area (TPSA) is 51.0 Å². The van der Waals surface area contributed by atoms with E-state index >= 15 is 0 Å². The number of fused-ring (bicyclic) bond motifs is 2. The average Bonchev–Trinajstić information content (AvgIpc) is 3.93. The molecule has 0 saturated carbocycles. The fraction of sp³-hybridized carbons (Fsp3) is 0.200. The van der Waals surface area contributed by atoms with Crippen LogP contribution < -0.4 is 0 Å². The highest BCUT2D eigenvalue weighted by Gasteiger charge is 2.37. The fourth-order valence-electron chi connectivity index (χ4n) is 11.3. The van der Waals surface area contributed by atoms with Crippen molar-refractivity contribution < 1.29 is 8.83 Å². The Labute approximate surface area is 404 Å². The summed E-state index contributed by atoms with van der Waals surface area (Å²) in [5.74, 6) is 0.608. The van der Waals surface area contributed by atoms with Crippen molar-refractivity contribution in [3.05, 3.63) is 214 Å². The van der Waals surface area contributed by atoms with Crippen LogP contribution in [0.4, 0.5) is 11.4 Å². The number of para-hydroxylation sites is 3. The zero-order valence-corrected chi connectivity index (χ0v) is 41.0. The van der Waals surface area contributed by atoms with Crippen molar-refractivity contribution in [2.45, 2.75) is 85.0 Å². The maximum absolute atomic E-state index is 7.56. The minimum Gasteiger partial charge on any atom is -0.456 e. The normalized spacial score (nSPS) is 14.1. The summed E-state index contributed by atoms with van der Waals surface area (Å²) in [7, 11) is 0. The van der Waals surface area contributed by atoms with Crippen molar-refractivity contribution in [1.29, 1.82) is 0 Å². The van der Waals surface area contributed by atoms with Gasteiger partial charge in [-0.2, -0.15) is 0 Å². The summed E-state index contributed by atoms with van der Waals surface area (Å²) in [5.41, 5.74) is 16.5. The third kappa shape index (κ3) is 6.71. The van der Waals surface area contributed by atoms with Gasteiger partial charge in [0.05, 0.1) is 22.8 Å². The van der Waals surface area contributed by atoms with Crippen LogP contribution in [-0.2, 0) is 10.8 Å². The molecule has 0 atom stereocenters. The summed E-state index contributed by atoms with van der Waals surface area (Å²) in [5, 5.41) is 8.54. The van der Waals surface area contributed by atoms with Gasteiger partial charge in [0.1, 0.15) is 22.3 Å². The van der Waals surface area contributed by atoms with Crippen LogP contribution in [0.25, 0.3) is 65.4 Å². The van der Waals surface area contributed by atoms with Crippen molar-refractivity contribution in [3.8, 4) is 0 Å². The zero-order chi connectivity index (χ0) is 47.5. The van der Waals surface area contributed by atoms with Crippen molar-refractivity contribution in [3.63, 3.8) is 0 Å². The molecule has 0 amide bonds. The third-order valence-corrected chi connectivity index (χ3v) is 14.7. The van der Waals surface area contributed by atoms with Crippen LogP contribution in [0.3, 0.4) is 0 Å². The second-order valence-corrected chi connectivity index (χ2v) is 21.3. The molecule has 338 valence electrons. The summed E-state index contributed by atoms with van der Waals surface area (Å²) in [6.07, 6.45) is 0. The van der Waals surface area contributed by atoms with Crippen molar-refractivity contribution in [2.24, 2.45) is 9.98 Å². The number of benzene rings is 9. The van der Waals surface area contributed by atoms with E-state index in [0.29, 0.717) is 11.8 Å². The summed E-state index contributed by atoms with van der Waals surface area (Å²) in [4.78, 5) is 11.5. The average molecular weight is 897 g/mol. The first-order valence-electron chi connectivity index (χ1n) is 24.5. The molecular weight excluding hydrogens is 841 g/mol. The van der Waals surface area contributed by atoms with Gasteiger partial charge in [-0.05, 0) is 99.3 Å². The van der Waals surface area contributed by atoms with Gasteiger partial charge in [-0.3, -0.25) is 0 Å². The van der Waals surface area contributed by atoms with Crippen LogP contribution in [0.2, 0.25) is 0 Å². The van der Waals surface area contributed by atoms with Crippen LogP contribution in [0.5, 0.6) is 0 Å². The smallest absolute Gasteiger partial charge is 0.143 e. The SMILES string of the molecule is CC(C)c1cccc(/C(=N\c2ccccc2)c2c(/C(=N/c3ccccc3)c3cccc(C(C)C)c3)c3ccc4oc5c(C(C)(C)C)c6ccc5c4c3c3c2ccc2c4cccc(c4oc23)C6(C)C)c1. The van der Waals surface area contributed by atoms with E-state index in [0.717, 1.165) is 116 Å². The number of furan rings is 2. The standard InChI is InChI=1S/C65H56N2O2/c1-37(2)39-19-16-21-41(35-39)59(66-43-23-12-10-13-24-43)55-47-32-34-52-53-49-31-33-50(58(63(49)68-52)64(5,6)7)65(8,9)51-28-18-27-45-46-29-30-48(57(54(47)53)62(46)69-61(45)51)56(55)60(67-44-25-14-11-15-26-44)42-22-17-20-40(36-42)38(3)4/h10-38H,1-9H3/b66-59+,67-60+. The van der Waals surface area contributed by atoms with E-state index in [1.54, 1.807) is 0 Å². The van der Waals surface area contributed by atoms with Crippen LogP contribution in [0, 0.1) is 0 Å². The lowest BCUT2D eigenvalue weighted by Gasteiger charge is -2.33. The molecule has 0 saturated heterocycles. The van der Waals surface area contributed by atoms with Crippen LogP contribution in [0.1, 0.15) is 124 Å². The molecule has 9 aromatic carbocycles. The van der Waals surface area contributed by atoms with Crippen molar-refractivity contribution in [1.82, 2.24) is 0 Å². The summed E-state index contributed by atoms with van der Waals surface area (Å²) >= 11 is 0. The summed E-state index contributed by atoms with van der Waals surface area (Å²) < 4.78 is 14.9. The maximum atomic E-state index is 7.56. The highest BCUT2D eigenvalue weighted by atomic mass is 16.3. The number of nitrogens with zero attached hydrogens (tertiary/aromatic N) is 2. The van der Waals surface area contributed by atoms with E-state index in [2.05, 4.69) is 226 Å². The lowest BCUT2D eigenvalue weighted by Crippen LogP contribution is -2.26. The molecule has 0 aliphatic carbocycles. The number of hydrogen-bond donors (Lipinski definition) is 0. The van der Waals surface area contributed by atoms with Crippen LogP contribution >= 0.6 is 0 Å². The Hall–Kier alpha value is -7.56. The molecule has 0 N–H and O–H groups in total. The van der Waals surface area contributed by atoms with Gasteiger partial charge in [-0.25, -0.2) is 9.98 Å². The minimum absolute atomic E-state index is 0.251. The Bertz CT molecular complexity index is 3950. The Kier molecular flexibility index (Phi) is 9.76. The van der Waals surface area contributed by atoms with Gasteiger partial charge in [0.2, 0.25) is 0 Å². The molecule has 0 spiro atoms. The Morgan fingerprint density at radius 3 is 1.55 bits per heavy atom. The minimum atomic E-state index is -0.432. The molecule has 2 aliphatic rings. The molecule has 0 unspecified atom stereocenters. The van der Waals surface area contributed by atoms with E-state index in [1.807, 2.05) is 0 Å². The van der Waals surface area contributed by atoms with Gasteiger partial charge >= 0.3 is 0 Å². The summed E-state index contributed by atoms with van der Waals surface area (Å²) in [6, 6.07) is 59.2. The maximum Gasteiger partial charge on any atom is 0.143 e. The molecule has 69 heavy (non-hydrogen) atoms. The van der Waals surface area contributed by atoms with Crippen molar-refractivity contribution in [2.75, 3.05) is 0 Å². The number of rotatable bonds is 8. The molecule has 2 aromatic heterocycles. The predicted molar refractivity (Wildman–Crippen MR) is 291 cm³/mol. The van der Waals surface area contributed by atoms with Gasteiger partial charge in [0, 0.05) is 71.1 Å². The molecular formula is C65H56N2O2. The zero-order valence-electron chi connectivity index (χ0n) is 41.0. The molecule has 6 bridgehead atoms. The molecule has 0 radical (unpaired) electrons. The second-order valence-electron chi connectivity index (χ2n) is 21.3. The van der Waals surface area contributed by atoms with E-state index in [1.165, 1.54) is 22.3 Å². The first-order valence-corrected chi connectivity index (χ1v) is 24.5. The quantitative estimate of drug-likeness (QED) is 0.113. The third-order valence-electron chi connectivity index (χ3n) is 14.7. The lowest BCUT2D eigenvalue weighted by molar-refractivity contribution is 0.536. The predicted octanol–water partition coefficient (Wildman–Crippen LogP) is 18.3.